The van der Waals surface area contributed by atoms with Crippen LogP contribution in [0.5, 0.6) is 5.75 Å². The topological polar surface area (TPSA) is 97.3 Å². The van der Waals surface area contributed by atoms with E-state index in [4.69, 9.17) is 10.8 Å². The van der Waals surface area contributed by atoms with Crippen LogP contribution in [0.4, 0.5) is 0 Å². The van der Waals surface area contributed by atoms with Crippen LogP contribution in [0.25, 0.3) is 33.3 Å². The van der Waals surface area contributed by atoms with Crippen molar-refractivity contribution < 1.29 is 5.11 Å². The van der Waals surface area contributed by atoms with Crippen LogP contribution in [-0.4, -0.2) is 26.0 Å². The Hall–Kier alpha value is -4.58. The Kier molecular flexibility index (Phi) is 5.01. The third-order valence-corrected chi connectivity index (χ3v) is 5.27. The van der Waals surface area contributed by atoms with Gasteiger partial charge in [0.05, 0.1) is 5.56 Å². The number of hydrogen-bond donors (Lipinski definition) is 2. The van der Waals surface area contributed by atoms with Crippen molar-refractivity contribution in [1.82, 2.24) is 15.2 Å². The summed E-state index contributed by atoms with van der Waals surface area (Å²) in [5.41, 5.74) is 3.84. The molecule has 32 heavy (non-hydrogen) atoms. The third kappa shape index (κ3) is 3.44. The van der Waals surface area contributed by atoms with E-state index in [2.05, 4.69) is 15.3 Å². The van der Waals surface area contributed by atoms with Gasteiger partial charge in [-0.05, 0) is 16.8 Å². The van der Waals surface area contributed by atoms with E-state index >= 15 is 0 Å². The Bertz CT molecular complexity index is 1430. The summed E-state index contributed by atoms with van der Waals surface area (Å²) in [7, 11) is 0. The molecule has 0 atom stereocenters. The Morgan fingerprint density at radius 1 is 0.688 bits per heavy atom. The highest BCUT2D eigenvalue weighted by Crippen LogP contribution is 2.31. The molecule has 0 saturated carbocycles. The fourth-order valence-corrected chi connectivity index (χ4v) is 3.76. The first-order valence-corrected chi connectivity index (χ1v) is 10.1. The molecule has 0 aliphatic carbocycles. The minimum absolute atomic E-state index is 0.0462. The summed E-state index contributed by atoms with van der Waals surface area (Å²) in [5, 5.41) is 25.2. The Labute approximate surface area is 184 Å². The maximum absolute atomic E-state index is 10.7. The van der Waals surface area contributed by atoms with Crippen LogP contribution >= 0.6 is 0 Å². The lowest BCUT2D eigenvalue weighted by Crippen LogP contribution is -2.14. The summed E-state index contributed by atoms with van der Waals surface area (Å²) in [6.45, 7) is 0. The quantitative estimate of drug-likeness (QED) is 0.249. The zero-order valence-electron chi connectivity index (χ0n) is 17.1. The molecule has 0 radical (unpaired) electrons. The first kappa shape index (κ1) is 19.4. The van der Waals surface area contributed by atoms with Gasteiger partial charge in [0.25, 0.3) is 0 Å². The van der Waals surface area contributed by atoms with Crippen molar-refractivity contribution in [2.75, 3.05) is 0 Å². The number of benzene rings is 4. The summed E-state index contributed by atoms with van der Waals surface area (Å²) in [6, 6.07) is 30.7. The predicted octanol–water partition coefficient (Wildman–Crippen LogP) is 4.78. The van der Waals surface area contributed by atoms with Crippen LogP contribution in [0, 0.1) is 0 Å². The Balaban J connectivity index is 1.74. The van der Waals surface area contributed by atoms with Gasteiger partial charge < -0.3 is 10.9 Å². The molecule has 0 aliphatic rings. The molecule has 5 aromatic rings. The number of aromatic nitrogens is 3. The Morgan fingerprint density at radius 3 is 2.00 bits per heavy atom. The van der Waals surface area contributed by atoms with Gasteiger partial charge in [0.1, 0.15) is 22.8 Å². The number of phenols is 1. The maximum atomic E-state index is 10.7. The monoisotopic (exact) mass is 417 g/mol. The molecule has 0 amide bonds. The highest BCUT2D eigenvalue weighted by molar-refractivity contribution is 6.19. The predicted molar refractivity (Wildman–Crippen MR) is 126 cm³/mol. The molecule has 0 fully saturated rings. The van der Waals surface area contributed by atoms with E-state index in [1.54, 1.807) is 6.07 Å². The minimum atomic E-state index is 0.0462. The molecule has 0 bridgehead atoms. The van der Waals surface area contributed by atoms with E-state index in [0.717, 1.165) is 21.9 Å². The van der Waals surface area contributed by atoms with Crippen molar-refractivity contribution in [2.45, 2.75) is 0 Å². The molecule has 3 N–H and O–H groups in total. The standard InChI is InChI=1S/C26H19N5O/c27-29-25(22-20-14-8-7-9-17(20)15-16-21(22)32)26-28-23(18-10-3-1-4-11-18)24(30-31-26)19-12-5-2-6-13-19/h1-16,32H,27H2/b29-25+. The second-order valence-electron chi connectivity index (χ2n) is 7.22. The van der Waals surface area contributed by atoms with E-state index in [1.165, 1.54) is 0 Å². The molecular formula is C26H19N5O. The van der Waals surface area contributed by atoms with Gasteiger partial charge >= 0.3 is 0 Å². The number of hydrazone groups is 1. The molecular weight excluding hydrogens is 398 g/mol. The number of aromatic hydroxyl groups is 1. The Morgan fingerprint density at radius 2 is 1.31 bits per heavy atom. The van der Waals surface area contributed by atoms with Crippen molar-refractivity contribution in [3.8, 4) is 28.3 Å². The number of nitrogens with two attached hydrogens (primary N) is 1. The van der Waals surface area contributed by atoms with Crippen LogP contribution in [0.3, 0.4) is 0 Å². The molecule has 0 unspecified atom stereocenters. The van der Waals surface area contributed by atoms with E-state index in [-0.39, 0.29) is 17.3 Å². The van der Waals surface area contributed by atoms with Gasteiger partial charge in [-0.25, -0.2) is 4.98 Å². The fourth-order valence-electron chi connectivity index (χ4n) is 3.76. The van der Waals surface area contributed by atoms with Crippen LogP contribution in [-0.2, 0) is 0 Å². The smallest absolute Gasteiger partial charge is 0.203 e. The first-order chi connectivity index (χ1) is 15.8. The summed E-state index contributed by atoms with van der Waals surface area (Å²) in [6.07, 6.45) is 0. The van der Waals surface area contributed by atoms with Crippen molar-refractivity contribution >= 4 is 16.5 Å². The normalized spacial score (nSPS) is 11.6. The van der Waals surface area contributed by atoms with Crippen LogP contribution in [0.1, 0.15) is 11.4 Å². The van der Waals surface area contributed by atoms with Crippen molar-refractivity contribution in [3.05, 3.63) is 108 Å². The van der Waals surface area contributed by atoms with Gasteiger partial charge in [-0.1, -0.05) is 91.0 Å². The van der Waals surface area contributed by atoms with Crippen molar-refractivity contribution in [1.29, 1.82) is 0 Å². The SMILES string of the molecule is N/N=C(/c1nnc(-c2ccccc2)c(-c2ccccc2)n1)c1c(O)ccc2ccccc12. The molecule has 4 aromatic carbocycles. The molecule has 1 aromatic heterocycles. The lowest BCUT2D eigenvalue weighted by atomic mass is 9.99. The van der Waals surface area contributed by atoms with E-state index in [0.29, 0.717) is 17.0 Å². The molecule has 0 saturated heterocycles. The summed E-state index contributed by atoms with van der Waals surface area (Å²) in [5.74, 6) is 6.08. The van der Waals surface area contributed by atoms with Gasteiger partial charge in [0, 0.05) is 11.1 Å². The van der Waals surface area contributed by atoms with E-state index in [1.807, 2.05) is 91.0 Å². The lowest BCUT2D eigenvalue weighted by molar-refractivity contribution is 0.475. The second-order valence-corrected chi connectivity index (χ2v) is 7.22. The van der Waals surface area contributed by atoms with E-state index < -0.39 is 0 Å². The van der Waals surface area contributed by atoms with Crippen molar-refractivity contribution in [2.24, 2.45) is 10.9 Å². The largest absolute Gasteiger partial charge is 0.507 e. The average molecular weight is 417 g/mol. The maximum Gasteiger partial charge on any atom is 0.203 e. The minimum Gasteiger partial charge on any atom is -0.507 e. The zero-order valence-corrected chi connectivity index (χ0v) is 17.1. The van der Waals surface area contributed by atoms with Gasteiger partial charge in [0.15, 0.2) is 0 Å². The van der Waals surface area contributed by atoms with Gasteiger partial charge in [-0.15, -0.1) is 10.2 Å². The van der Waals surface area contributed by atoms with Crippen LogP contribution in [0.15, 0.2) is 102 Å². The lowest BCUT2D eigenvalue weighted by Gasteiger charge is -2.13. The first-order valence-electron chi connectivity index (χ1n) is 10.1. The number of hydrogen-bond acceptors (Lipinski definition) is 6. The molecule has 0 spiro atoms. The summed E-state index contributed by atoms with van der Waals surface area (Å²) in [4.78, 5) is 4.82. The van der Waals surface area contributed by atoms with Crippen LogP contribution in [0.2, 0.25) is 0 Å². The number of rotatable bonds is 4. The van der Waals surface area contributed by atoms with Gasteiger partial charge in [-0.3, -0.25) is 0 Å². The highest BCUT2D eigenvalue weighted by Gasteiger charge is 2.21. The number of phenolic OH excluding ortho intramolecular Hbond substituents is 1. The molecule has 6 nitrogen and oxygen atoms in total. The number of nitrogens with zero attached hydrogens (tertiary/aromatic N) is 4. The van der Waals surface area contributed by atoms with Crippen LogP contribution < -0.4 is 5.84 Å². The number of fused-ring (bicyclic) bond motifs is 1. The van der Waals surface area contributed by atoms with Crippen molar-refractivity contribution in [3.63, 3.8) is 0 Å². The fraction of sp³-hybridized carbons (Fsp3) is 0. The zero-order chi connectivity index (χ0) is 21.9. The average Bonchev–Trinajstić information content (AvgIpc) is 2.87. The molecule has 154 valence electrons. The highest BCUT2D eigenvalue weighted by atomic mass is 16.3. The molecule has 1 heterocycles. The molecule has 5 rings (SSSR count). The summed E-state index contributed by atoms with van der Waals surface area (Å²) >= 11 is 0. The molecule has 6 heteroatoms. The second kappa shape index (κ2) is 8.28. The van der Waals surface area contributed by atoms with E-state index in [9.17, 15) is 5.11 Å². The van der Waals surface area contributed by atoms with Gasteiger partial charge in [-0.2, -0.15) is 5.10 Å². The third-order valence-electron chi connectivity index (χ3n) is 5.27. The molecule has 0 aliphatic heterocycles. The summed E-state index contributed by atoms with van der Waals surface area (Å²) < 4.78 is 0. The van der Waals surface area contributed by atoms with Gasteiger partial charge in [0.2, 0.25) is 5.82 Å².